The van der Waals surface area contributed by atoms with Crippen molar-refractivity contribution in [1.29, 1.82) is 0 Å². The molecule has 6 heteroatoms. The lowest BCUT2D eigenvalue weighted by Gasteiger charge is -2.25. The van der Waals surface area contributed by atoms with Crippen molar-refractivity contribution in [2.45, 2.75) is 38.6 Å². The van der Waals surface area contributed by atoms with Gasteiger partial charge in [0.1, 0.15) is 0 Å². The Labute approximate surface area is 115 Å². The first-order valence-corrected chi connectivity index (χ1v) is 6.36. The number of hydrogen-bond acceptors (Lipinski definition) is 2. The van der Waals surface area contributed by atoms with Crippen LogP contribution in [0, 0.1) is 5.92 Å². The Morgan fingerprint density at radius 1 is 1.32 bits per heavy atom. The maximum Gasteiger partial charge on any atom is 0.416 e. The Hall–Kier alpha value is -0.780. The minimum Gasteiger partial charge on any atom is -0.391 e. The van der Waals surface area contributed by atoms with Crippen LogP contribution in [0.25, 0.3) is 0 Å². The molecule has 0 aromatic heterocycles. The number of rotatable bonds is 4. The minimum absolute atomic E-state index is 0.0448. The smallest absolute Gasteiger partial charge is 0.391 e. The number of hydrogen-bond donors (Lipinski definition) is 2. The lowest BCUT2D eigenvalue weighted by molar-refractivity contribution is -0.137. The largest absolute Gasteiger partial charge is 0.416 e. The summed E-state index contributed by atoms with van der Waals surface area (Å²) in [6.07, 6.45) is -4.72. The highest BCUT2D eigenvalue weighted by Gasteiger charge is 2.32. The molecule has 0 saturated heterocycles. The highest BCUT2D eigenvalue weighted by atomic mass is 35.5. The van der Waals surface area contributed by atoms with Gasteiger partial charge in [-0.3, -0.25) is 0 Å². The second kappa shape index (κ2) is 6.11. The summed E-state index contributed by atoms with van der Waals surface area (Å²) in [7, 11) is 0. The van der Waals surface area contributed by atoms with Crippen LogP contribution in [0.3, 0.4) is 0 Å². The van der Waals surface area contributed by atoms with Gasteiger partial charge in [0, 0.05) is 5.02 Å². The summed E-state index contributed by atoms with van der Waals surface area (Å²) in [5.74, 6) is -0.108. The predicted molar refractivity (Wildman–Crippen MR) is 68.8 cm³/mol. The molecule has 0 aliphatic rings. The van der Waals surface area contributed by atoms with Gasteiger partial charge in [-0.15, -0.1) is 0 Å². The Balaban J connectivity index is 3.10. The van der Waals surface area contributed by atoms with E-state index in [1.165, 1.54) is 6.07 Å². The number of halogens is 4. The zero-order valence-electron chi connectivity index (χ0n) is 10.7. The van der Waals surface area contributed by atoms with Crippen molar-refractivity contribution in [3.8, 4) is 0 Å². The van der Waals surface area contributed by atoms with Crippen LogP contribution in [0.15, 0.2) is 18.2 Å². The molecule has 1 aromatic rings. The fourth-order valence-corrected chi connectivity index (χ4v) is 2.00. The molecule has 2 nitrogen and oxygen atoms in total. The molecular formula is C13H17ClF3NO. The van der Waals surface area contributed by atoms with Crippen LogP contribution in [-0.4, -0.2) is 11.2 Å². The summed E-state index contributed by atoms with van der Waals surface area (Å²) in [5, 5.41) is 9.93. The molecule has 0 heterocycles. The van der Waals surface area contributed by atoms with Crippen molar-refractivity contribution in [3.63, 3.8) is 0 Å². The molecule has 0 bridgehead atoms. The van der Waals surface area contributed by atoms with Gasteiger partial charge in [-0.05, 0) is 29.7 Å². The van der Waals surface area contributed by atoms with Crippen molar-refractivity contribution in [2.24, 2.45) is 11.7 Å². The van der Waals surface area contributed by atoms with Gasteiger partial charge >= 0.3 is 6.18 Å². The first kappa shape index (κ1) is 16.3. The molecule has 1 aromatic carbocycles. The summed E-state index contributed by atoms with van der Waals surface area (Å²) in [6.45, 7) is 3.67. The average Bonchev–Trinajstić information content (AvgIpc) is 2.34. The average molecular weight is 296 g/mol. The molecule has 0 aliphatic heterocycles. The maximum atomic E-state index is 12.7. The Kier molecular flexibility index (Phi) is 5.24. The second-order valence-electron chi connectivity index (χ2n) is 4.67. The van der Waals surface area contributed by atoms with Crippen LogP contribution in [0.2, 0.25) is 5.02 Å². The fourth-order valence-electron chi connectivity index (χ4n) is 1.76. The van der Waals surface area contributed by atoms with Crippen LogP contribution < -0.4 is 5.73 Å². The van der Waals surface area contributed by atoms with Gasteiger partial charge in [0.2, 0.25) is 0 Å². The van der Waals surface area contributed by atoms with Crippen LogP contribution in [0.4, 0.5) is 13.2 Å². The summed E-state index contributed by atoms with van der Waals surface area (Å²) >= 11 is 5.68. The Bertz CT molecular complexity index is 436. The number of alkyl halides is 3. The van der Waals surface area contributed by atoms with E-state index < -0.39 is 23.9 Å². The van der Waals surface area contributed by atoms with Crippen LogP contribution >= 0.6 is 11.6 Å². The van der Waals surface area contributed by atoms with E-state index in [4.69, 9.17) is 17.3 Å². The molecule has 1 unspecified atom stereocenters. The molecular weight excluding hydrogens is 279 g/mol. The monoisotopic (exact) mass is 295 g/mol. The van der Waals surface area contributed by atoms with Gasteiger partial charge in [0.05, 0.1) is 17.7 Å². The van der Waals surface area contributed by atoms with Gasteiger partial charge in [0.15, 0.2) is 0 Å². The van der Waals surface area contributed by atoms with Gasteiger partial charge in [0.25, 0.3) is 0 Å². The molecule has 0 radical (unpaired) electrons. The zero-order chi connectivity index (χ0) is 14.8. The predicted octanol–water partition coefficient (Wildman–Crippen LogP) is 3.77. The third kappa shape index (κ3) is 4.09. The fraction of sp³-hybridized carbons (Fsp3) is 0.538. The van der Waals surface area contributed by atoms with E-state index in [2.05, 4.69) is 0 Å². The van der Waals surface area contributed by atoms with Crippen molar-refractivity contribution in [1.82, 2.24) is 0 Å². The first-order valence-electron chi connectivity index (χ1n) is 5.98. The summed E-state index contributed by atoms with van der Waals surface area (Å²) in [4.78, 5) is 0. The van der Waals surface area contributed by atoms with Gasteiger partial charge in [-0.2, -0.15) is 13.2 Å². The minimum atomic E-state index is -4.49. The van der Waals surface area contributed by atoms with E-state index in [1.54, 1.807) is 6.92 Å². The normalized spacial score (nSPS) is 17.1. The van der Waals surface area contributed by atoms with E-state index in [0.717, 1.165) is 12.1 Å². The quantitative estimate of drug-likeness (QED) is 0.888. The molecule has 3 N–H and O–H groups in total. The van der Waals surface area contributed by atoms with Crippen LogP contribution in [-0.2, 0) is 6.18 Å². The van der Waals surface area contributed by atoms with Gasteiger partial charge < -0.3 is 10.8 Å². The number of aliphatic hydroxyl groups is 1. The molecule has 0 saturated carbocycles. The molecule has 19 heavy (non-hydrogen) atoms. The molecule has 0 aliphatic carbocycles. The SMILES string of the molecule is CCC(C)[C@@H](O)[C@@H](N)c1cc(Cl)cc(C(F)(F)F)c1. The van der Waals surface area contributed by atoms with E-state index in [-0.39, 0.29) is 16.5 Å². The van der Waals surface area contributed by atoms with Crippen molar-refractivity contribution >= 4 is 11.6 Å². The Morgan fingerprint density at radius 2 is 1.89 bits per heavy atom. The third-order valence-corrected chi connectivity index (χ3v) is 3.45. The van der Waals surface area contributed by atoms with Crippen LogP contribution in [0.5, 0.6) is 0 Å². The molecule has 0 fully saturated rings. The van der Waals surface area contributed by atoms with E-state index in [9.17, 15) is 18.3 Å². The van der Waals surface area contributed by atoms with Crippen molar-refractivity contribution in [2.75, 3.05) is 0 Å². The van der Waals surface area contributed by atoms with E-state index >= 15 is 0 Å². The van der Waals surface area contributed by atoms with Crippen LogP contribution in [0.1, 0.15) is 37.4 Å². The lowest BCUT2D eigenvalue weighted by atomic mass is 9.91. The zero-order valence-corrected chi connectivity index (χ0v) is 11.5. The molecule has 0 spiro atoms. The van der Waals surface area contributed by atoms with Gasteiger partial charge in [-0.25, -0.2) is 0 Å². The van der Waals surface area contributed by atoms with Gasteiger partial charge in [-0.1, -0.05) is 31.9 Å². The highest BCUT2D eigenvalue weighted by Crippen LogP contribution is 2.34. The second-order valence-corrected chi connectivity index (χ2v) is 5.11. The number of nitrogens with two attached hydrogens (primary N) is 1. The summed E-state index contributed by atoms with van der Waals surface area (Å²) in [5.41, 5.74) is 5.15. The van der Waals surface area contributed by atoms with Crippen molar-refractivity contribution < 1.29 is 18.3 Å². The Morgan fingerprint density at radius 3 is 2.37 bits per heavy atom. The molecule has 3 atom stereocenters. The van der Waals surface area contributed by atoms with Crippen molar-refractivity contribution in [3.05, 3.63) is 34.3 Å². The van der Waals surface area contributed by atoms with E-state index in [1.807, 2.05) is 6.92 Å². The molecule has 1 rings (SSSR count). The molecule has 0 amide bonds. The number of benzene rings is 1. The lowest BCUT2D eigenvalue weighted by Crippen LogP contribution is -2.31. The topological polar surface area (TPSA) is 46.2 Å². The third-order valence-electron chi connectivity index (χ3n) is 3.23. The highest BCUT2D eigenvalue weighted by molar-refractivity contribution is 6.30. The first-order chi connectivity index (χ1) is 8.66. The standard InChI is InChI=1S/C13H17ClF3NO/c1-3-7(2)12(19)11(18)8-4-9(13(15,16)17)6-10(14)5-8/h4-7,11-12,19H,3,18H2,1-2H3/t7?,11-,12+/m0/s1. The molecule has 108 valence electrons. The van der Waals surface area contributed by atoms with E-state index in [0.29, 0.717) is 6.42 Å². The maximum absolute atomic E-state index is 12.7. The summed E-state index contributed by atoms with van der Waals surface area (Å²) < 4.78 is 38.0. The summed E-state index contributed by atoms with van der Waals surface area (Å²) in [6, 6.07) is 2.23. The number of aliphatic hydroxyl groups excluding tert-OH is 1.